The molecule has 0 aliphatic carbocycles. The predicted molar refractivity (Wildman–Crippen MR) is 251 cm³/mol. The molecule has 0 radical (unpaired) electrons. The largest absolute Gasteiger partial charge is 0.472 e. The summed E-state index contributed by atoms with van der Waals surface area (Å²) in [5.74, 6) is -0.343. The van der Waals surface area contributed by atoms with Gasteiger partial charge in [-0.15, -0.1) is 0 Å². The Bertz CT molecular complexity index is 1210. The van der Waals surface area contributed by atoms with Gasteiger partial charge >= 0.3 is 13.8 Å². The first-order valence-corrected chi connectivity index (χ1v) is 24.8. The third-order valence-corrected chi connectivity index (χ3v) is 10.4. The second-order valence-electron chi connectivity index (χ2n) is 16.4. The van der Waals surface area contributed by atoms with Gasteiger partial charge in [-0.3, -0.25) is 13.8 Å². The second-order valence-corrected chi connectivity index (χ2v) is 17.9. The number of quaternary nitrogens is 1. The number of unbranched alkanes of at least 4 members (excludes halogenated alkanes) is 14. The lowest BCUT2D eigenvalue weighted by atomic mass is 10.1. The number of rotatable bonds is 42. The quantitative estimate of drug-likeness (QED) is 0.0215. The van der Waals surface area contributed by atoms with Crippen molar-refractivity contribution in [2.24, 2.45) is 0 Å². The average molecular weight is 847 g/mol. The minimum absolute atomic E-state index is 0.0723. The highest BCUT2D eigenvalue weighted by atomic mass is 31.2. The van der Waals surface area contributed by atoms with Crippen molar-refractivity contribution in [1.29, 1.82) is 0 Å². The monoisotopic (exact) mass is 847 g/mol. The number of phosphoric acid groups is 1. The molecule has 0 aliphatic heterocycles. The van der Waals surface area contributed by atoms with Gasteiger partial charge in [-0.25, -0.2) is 4.57 Å². The van der Waals surface area contributed by atoms with E-state index in [9.17, 15) is 14.3 Å². The fourth-order valence-corrected chi connectivity index (χ4v) is 6.60. The number of nitrogens with zero attached hydrogens (tertiary/aromatic N) is 1. The molecule has 2 atom stereocenters. The van der Waals surface area contributed by atoms with Crippen LogP contribution in [0.2, 0.25) is 0 Å². The summed E-state index contributed by atoms with van der Waals surface area (Å²) in [5, 5.41) is 0. The van der Waals surface area contributed by atoms with Crippen LogP contribution in [0.4, 0.5) is 0 Å². The Balaban J connectivity index is 4.26. The minimum atomic E-state index is -4.30. The van der Waals surface area contributed by atoms with Gasteiger partial charge in [-0.2, -0.15) is 0 Å². The molecule has 0 fully saturated rings. The van der Waals surface area contributed by atoms with E-state index < -0.39 is 13.9 Å². The Morgan fingerprint density at radius 1 is 0.542 bits per heavy atom. The molecule has 9 heteroatoms. The summed E-state index contributed by atoms with van der Waals surface area (Å²) in [6.07, 6.45) is 56.4. The molecule has 0 aliphatic rings. The van der Waals surface area contributed by atoms with E-state index in [1.165, 1.54) is 70.6 Å². The van der Waals surface area contributed by atoms with Crippen LogP contribution in [0, 0.1) is 0 Å². The van der Waals surface area contributed by atoms with Gasteiger partial charge in [0, 0.05) is 13.0 Å². The van der Waals surface area contributed by atoms with E-state index in [-0.39, 0.29) is 25.8 Å². The maximum atomic E-state index is 12.7. The summed E-state index contributed by atoms with van der Waals surface area (Å²) in [4.78, 5) is 22.9. The Hall–Kier alpha value is -2.32. The van der Waals surface area contributed by atoms with Crippen molar-refractivity contribution in [2.45, 2.75) is 174 Å². The van der Waals surface area contributed by atoms with Gasteiger partial charge in [0.05, 0.1) is 34.4 Å². The second kappa shape index (κ2) is 42.4. The lowest BCUT2D eigenvalue weighted by Gasteiger charge is -2.24. The van der Waals surface area contributed by atoms with Crippen LogP contribution < -0.4 is 0 Å². The maximum Gasteiger partial charge on any atom is 0.472 e. The summed E-state index contributed by atoms with van der Waals surface area (Å²) >= 11 is 0. The van der Waals surface area contributed by atoms with E-state index in [0.717, 1.165) is 77.0 Å². The van der Waals surface area contributed by atoms with E-state index in [1.807, 2.05) is 21.1 Å². The zero-order chi connectivity index (χ0) is 43.4. The number of hydrogen-bond donors (Lipinski definition) is 1. The number of carbonyl (C=O) groups excluding carboxylic acids is 1. The molecule has 0 saturated heterocycles. The lowest BCUT2D eigenvalue weighted by Crippen LogP contribution is -2.37. The van der Waals surface area contributed by atoms with Crippen LogP contribution in [-0.2, 0) is 27.9 Å². The van der Waals surface area contributed by atoms with Crippen LogP contribution in [-0.4, -0.2) is 75.6 Å². The van der Waals surface area contributed by atoms with Crippen LogP contribution in [0.25, 0.3) is 0 Å². The van der Waals surface area contributed by atoms with Gasteiger partial charge < -0.3 is 18.9 Å². The summed E-state index contributed by atoms with van der Waals surface area (Å²) in [6, 6.07) is 0. The van der Waals surface area contributed by atoms with Gasteiger partial charge in [0.25, 0.3) is 0 Å². The molecule has 8 nitrogen and oxygen atoms in total. The zero-order valence-electron chi connectivity index (χ0n) is 38.5. The van der Waals surface area contributed by atoms with E-state index in [2.05, 4.69) is 98.9 Å². The average Bonchev–Trinajstić information content (AvgIpc) is 3.19. The van der Waals surface area contributed by atoms with Crippen molar-refractivity contribution >= 4 is 13.8 Å². The Labute approximate surface area is 363 Å². The standard InChI is InChI=1S/C50H88NO7P/c1-6-8-10-12-14-16-18-20-22-23-24-25-26-27-28-29-30-31-33-35-37-39-41-43-50(52)58-49(48-57-59(53,54)56-46-44-51(3,4)5)47-55-45-42-40-38-36-34-32-21-19-17-15-13-11-9-7-2/h9,11,15,17-18,20-21,23-24,26-27,32,36,38,49H,6-8,10,12-14,16,19,22,25,28-31,33-35,37,39-48H2,1-5H3/p+1/b11-9-,17-15-,20-18-,24-23-,27-26-,32-21-,38-36-. The SMILES string of the molecule is CC/C=C\C/C=C\C/C=C\C/C=C\CCCOCC(COP(=O)(O)OCC[N+](C)(C)C)OC(=O)CCCCCCCCCC/C=C\C/C=C\C/C=C\CCCCCCC. The normalized spacial score (nSPS) is 14.5. The number of likely N-dealkylation sites (N-methyl/N-ethyl adjacent to an activating group) is 1. The lowest BCUT2D eigenvalue weighted by molar-refractivity contribution is -0.870. The Kier molecular flexibility index (Phi) is 40.7. The predicted octanol–water partition coefficient (Wildman–Crippen LogP) is 14.1. The fourth-order valence-electron chi connectivity index (χ4n) is 5.86. The number of ether oxygens (including phenoxy) is 2. The van der Waals surface area contributed by atoms with Crippen LogP contribution in [0.15, 0.2) is 85.1 Å². The highest BCUT2D eigenvalue weighted by Crippen LogP contribution is 2.43. The van der Waals surface area contributed by atoms with Crippen molar-refractivity contribution in [3.05, 3.63) is 85.1 Å². The highest BCUT2D eigenvalue weighted by molar-refractivity contribution is 7.47. The number of allylic oxidation sites excluding steroid dienone is 14. The van der Waals surface area contributed by atoms with Crippen molar-refractivity contribution < 1.29 is 37.3 Å². The van der Waals surface area contributed by atoms with E-state index in [4.69, 9.17) is 18.5 Å². The molecule has 59 heavy (non-hydrogen) atoms. The van der Waals surface area contributed by atoms with Gasteiger partial charge in [-0.05, 0) is 83.5 Å². The molecule has 0 bridgehead atoms. The fraction of sp³-hybridized carbons (Fsp3) is 0.700. The van der Waals surface area contributed by atoms with Gasteiger partial charge in [0.2, 0.25) is 0 Å². The molecule has 0 amide bonds. The molecule has 0 heterocycles. The van der Waals surface area contributed by atoms with Crippen molar-refractivity contribution in [2.75, 3.05) is 54.1 Å². The maximum absolute atomic E-state index is 12.7. The summed E-state index contributed by atoms with van der Waals surface area (Å²) in [6.45, 7) is 5.31. The molecular weight excluding hydrogens is 758 g/mol. The van der Waals surface area contributed by atoms with Crippen LogP contribution >= 0.6 is 7.82 Å². The number of phosphoric ester groups is 1. The first-order chi connectivity index (χ1) is 28.6. The smallest absolute Gasteiger partial charge is 0.457 e. The van der Waals surface area contributed by atoms with Crippen molar-refractivity contribution in [3.8, 4) is 0 Å². The van der Waals surface area contributed by atoms with E-state index >= 15 is 0 Å². The van der Waals surface area contributed by atoms with Crippen molar-refractivity contribution in [1.82, 2.24) is 0 Å². The highest BCUT2D eigenvalue weighted by Gasteiger charge is 2.26. The summed E-state index contributed by atoms with van der Waals surface area (Å²) in [7, 11) is 1.61. The Morgan fingerprint density at radius 2 is 0.983 bits per heavy atom. The van der Waals surface area contributed by atoms with E-state index in [1.54, 1.807) is 0 Å². The molecule has 340 valence electrons. The molecule has 0 rings (SSSR count). The van der Waals surface area contributed by atoms with Crippen LogP contribution in [0.1, 0.15) is 168 Å². The topological polar surface area (TPSA) is 91.3 Å². The molecule has 0 saturated carbocycles. The van der Waals surface area contributed by atoms with Crippen LogP contribution in [0.5, 0.6) is 0 Å². The third-order valence-electron chi connectivity index (χ3n) is 9.44. The molecule has 2 unspecified atom stereocenters. The third kappa shape index (κ3) is 46.6. The van der Waals surface area contributed by atoms with Gasteiger partial charge in [-0.1, -0.05) is 163 Å². The molecule has 1 N–H and O–H groups in total. The minimum Gasteiger partial charge on any atom is -0.457 e. The number of esters is 1. The van der Waals surface area contributed by atoms with Gasteiger partial charge in [0.15, 0.2) is 0 Å². The molecular formula is C50H89NO7P+. The molecule has 0 aromatic heterocycles. The van der Waals surface area contributed by atoms with E-state index in [0.29, 0.717) is 24.1 Å². The molecule has 0 aromatic rings. The van der Waals surface area contributed by atoms with Gasteiger partial charge in [0.1, 0.15) is 19.3 Å². The zero-order valence-corrected chi connectivity index (χ0v) is 39.4. The summed E-state index contributed by atoms with van der Waals surface area (Å²) < 4.78 is 34.9. The van der Waals surface area contributed by atoms with Crippen LogP contribution in [0.3, 0.4) is 0 Å². The Morgan fingerprint density at radius 3 is 1.47 bits per heavy atom. The first kappa shape index (κ1) is 56.7. The summed E-state index contributed by atoms with van der Waals surface area (Å²) in [5.41, 5.74) is 0. The number of carbonyl (C=O) groups is 1. The first-order valence-electron chi connectivity index (χ1n) is 23.3. The van der Waals surface area contributed by atoms with Crippen molar-refractivity contribution in [3.63, 3.8) is 0 Å². The molecule has 0 spiro atoms. The number of hydrogen-bond acceptors (Lipinski definition) is 6. The molecule has 0 aromatic carbocycles.